The molecule has 0 amide bonds. The van der Waals surface area contributed by atoms with Gasteiger partial charge in [-0.15, -0.1) is 0 Å². The van der Waals surface area contributed by atoms with Crippen molar-refractivity contribution in [3.63, 3.8) is 0 Å². The average molecular weight is 239 g/mol. The summed E-state index contributed by atoms with van der Waals surface area (Å²) in [7, 11) is 0. The molecule has 0 unspecified atom stereocenters. The third kappa shape index (κ3) is 3.67. The van der Waals surface area contributed by atoms with Gasteiger partial charge < -0.3 is 9.80 Å². The molecule has 3 nitrogen and oxygen atoms in total. The second-order valence-electron chi connectivity index (χ2n) is 5.54. The van der Waals surface area contributed by atoms with E-state index in [1.54, 1.807) is 0 Å². The maximum Gasteiger partial charge on any atom is 0.0121 e. The van der Waals surface area contributed by atoms with E-state index >= 15 is 0 Å². The number of rotatable bonds is 4. The summed E-state index contributed by atoms with van der Waals surface area (Å²) in [5.74, 6) is 0. The summed E-state index contributed by atoms with van der Waals surface area (Å²) in [5.41, 5.74) is 0. The Labute approximate surface area is 107 Å². The summed E-state index contributed by atoms with van der Waals surface area (Å²) in [5, 5.41) is 0. The molecule has 0 aliphatic carbocycles. The van der Waals surface area contributed by atoms with Gasteiger partial charge in [-0.05, 0) is 45.4 Å². The number of hydrogen-bond acceptors (Lipinski definition) is 3. The van der Waals surface area contributed by atoms with Crippen LogP contribution in [0.1, 0.15) is 33.1 Å². The van der Waals surface area contributed by atoms with Crippen LogP contribution in [0.2, 0.25) is 0 Å². The molecule has 0 aromatic rings. The standard InChI is InChI=1S/C14H29N3/c1-3-7-16-8-5-14(6-9-16)17-12-10-15(4-2)11-13-17/h14H,3-13H2,1-2H3. The number of piperidine rings is 1. The van der Waals surface area contributed by atoms with Gasteiger partial charge in [0.05, 0.1) is 0 Å². The first-order valence-corrected chi connectivity index (χ1v) is 7.52. The molecular weight excluding hydrogens is 210 g/mol. The molecule has 0 N–H and O–H groups in total. The highest BCUT2D eigenvalue weighted by atomic mass is 15.3. The van der Waals surface area contributed by atoms with Gasteiger partial charge in [0.1, 0.15) is 0 Å². The molecule has 100 valence electrons. The van der Waals surface area contributed by atoms with Gasteiger partial charge in [-0.3, -0.25) is 4.90 Å². The van der Waals surface area contributed by atoms with Gasteiger partial charge in [0.25, 0.3) is 0 Å². The summed E-state index contributed by atoms with van der Waals surface area (Å²) < 4.78 is 0. The molecule has 2 aliphatic rings. The predicted octanol–water partition coefficient (Wildman–Crippen LogP) is 1.50. The Kier molecular flexibility index (Phi) is 5.26. The van der Waals surface area contributed by atoms with Crippen LogP contribution in [-0.2, 0) is 0 Å². The van der Waals surface area contributed by atoms with E-state index in [4.69, 9.17) is 0 Å². The first-order chi connectivity index (χ1) is 8.33. The second-order valence-corrected chi connectivity index (χ2v) is 5.54. The minimum atomic E-state index is 0.877. The van der Waals surface area contributed by atoms with Crippen molar-refractivity contribution in [1.29, 1.82) is 0 Å². The molecule has 0 aromatic carbocycles. The lowest BCUT2D eigenvalue weighted by molar-refractivity contribution is 0.0612. The predicted molar refractivity (Wildman–Crippen MR) is 73.4 cm³/mol. The molecule has 0 saturated carbocycles. The van der Waals surface area contributed by atoms with Crippen molar-refractivity contribution in [3.05, 3.63) is 0 Å². The van der Waals surface area contributed by atoms with E-state index in [9.17, 15) is 0 Å². The molecule has 0 atom stereocenters. The van der Waals surface area contributed by atoms with E-state index in [0.717, 1.165) is 6.04 Å². The number of hydrogen-bond donors (Lipinski definition) is 0. The van der Waals surface area contributed by atoms with Crippen LogP contribution >= 0.6 is 0 Å². The van der Waals surface area contributed by atoms with Gasteiger partial charge in [0, 0.05) is 32.2 Å². The number of nitrogens with zero attached hydrogens (tertiary/aromatic N) is 3. The van der Waals surface area contributed by atoms with E-state index in [0.29, 0.717) is 0 Å². The third-order valence-corrected chi connectivity index (χ3v) is 4.47. The van der Waals surface area contributed by atoms with Crippen LogP contribution in [0.4, 0.5) is 0 Å². The van der Waals surface area contributed by atoms with E-state index in [1.165, 1.54) is 71.6 Å². The average Bonchev–Trinajstić information content (AvgIpc) is 2.40. The quantitative estimate of drug-likeness (QED) is 0.736. The fourth-order valence-corrected chi connectivity index (χ4v) is 3.27. The van der Waals surface area contributed by atoms with Crippen LogP contribution in [0, 0.1) is 0 Å². The van der Waals surface area contributed by atoms with Gasteiger partial charge in [-0.25, -0.2) is 0 Å². The smallest absolute Gasteiger partial charge is 0.0121 e. The fourth-order valence-electron chi connectivity index (χ4n) is 3.27. The van der Waals surface area contributed by atoms with Crippen molar-refractivity contribution in [2.75, 3.05) is 52.4 Å². The van der Waals surface area contributed by atoms with Crippen molar-refractivity contribution < 1.29 is 0 Å². The summed E-state index contributed by atoms with van der Waals surface area (Å²) in [6, 6.07) is 0.877. The number of likely N-dealkylation sites (tertiary alicyclic amines) is 1. The third-order valence-electron chi connectivity index (χ3n) is 4.47. The maximum atomic E-state index is 2.75. The highest BCUT2D eigenvalue weighted by molar-refractivity contribution is 4.83. The largest absolute Gasteiger partial charge is 0.303 e. The van der Waals surface area contributed by atoms with Crippen molar-refractivity contribution in [3.8, 4) is 0 Å². The monoisotopic (exact) mass is 239 g/mol. The molecule has 0 bridgehead atoms. The lowest BCUT2D eigenvalue weighted by Crippen LogP contribution is -2.53. The van der Waals surface area contributed by atoms with Gasteiger partial charge >= 0.3 is 0 Å². The lowest BCUT2D eigenvalue weighted by atomic mass is 10.0. The second kappa shape index (κ2) is 6.72. The van der Waals surface area contributed by atoms with Crippen LogP contribution in [0.15, 0.2) is 0 Å². The van der Waals surface area contributed by atoms with Crippen LogP contribution in [-0.4, -0.2) is 73.1 Å². The fraction of sp³-hybridized carbons (Fsp3) is 1.00. The van der Waals surface area contributed by atoms with Gasteiger partial charge in [-0.1, -0.05) is 13.8 Å². The van der Waals surface area contributed by atoms with Crippen molar-refractivity contribution in [2.24, 2.45) is 0 Å². The number of piperazine rings is 1. The lowest BCUT2D eigenvalue weighted by Gasteiger charge is -2.42. The zero-order valence-corrected chi connectivity index (χ0v) is 11.7. The van der Waals surface area contributed by atoms with Crippen LogP contribution < -0.4 is 0 Å². The normalized spacial score (nSPS) is 26.5. The van der Waals surface area contributed by atoms with Crippen molar-refractivity contribution >= 4 is 0 Å². The van der Waals surface area contributed by atoms with E-state index in [2.05, 4.69) is 28.5 Å². The molecule has 0 spiro atoms. The topological polar surface area (TPSA) is 9.72 Å². The molecule has 2 aliphatic heterocycles. The molecule has 0 aromatic heterocycles. The Morgan fingerprint density at radius 2 is 1.47 bits per heavy atom. The summed E-state index contributed by atoms with van der Waals surface area (Å²) in [4.78, 5) is 7.96. The van der Waals surface area contributed by atoms with Crippen molar-refractivity contribution in [2.45, 2.75) is 39.2 Å². The molecule has 2 saturated heterocycles. The minimum absolute atomic E-state index is 0.877. The molecule has 2 fully saturated rings. The zero-order valence-electron chi connectivity index (χ0n) is 11.7. The minimum Gasteiger partial charge on any atom is -0.303 e. The van der Waals surface area contributed by atoms with E-state index in [1.807, 2.05) is 0 Å². The Bertz CT molecular complexity index is 204. The molecular formula is C14H29N3. The summed E-state index contributed by atoms with van der Waals surface area (Å²) >= 11 is 0. The molecule has 2 rings (SSSR count). The van der Waals surface area contributed by atoms with Gasteiger partial charge in [0.2, 0.25) is 0 Å². The van der Waals surface area contributed by atoms with Crippen LogP contribution in [0.25, 0.3) is 0 Å². The summed E-state index contributed by atoms with van der Waals surface area (Å²) in [6.45, 7) is 14.9. The van der Waals surface area contributed by atoms with Crippen LogP contribution in [0.3, 0.4) is 0 Å². The molecule has 17 heavy (non-hydrogen) atoms. The highest BCUT2D eigenvalue weighted by Gasteiger charge is 2.26. The summed E-state index contributed by atoms with van der Waals surface area (Å²) in [6.07, 6.45) is 4.10. The Balaban J connectivity index is 1.70. The Morgan fingerprint density at radius 3 is 2.00 bits per heavy atom. The highest BCUT2D eigenvalue weighted by Crippen LogP contribution is 2.18. The van der Waals surface area contributed by atoms with Crippen LogP contribution in [0.5, 0.6) is 0 Å². The molecule has 3 heteroatoms. The van der Waals surface area contributed by atoms with Gasteiger partial charge in [-0.2, -0.15) is 0 Å². The number of likely N-dealkylation sites (N-methyl/N-ethyl adjacent to an activating group) is 1. The molecule has 2 heterocycles. The Morgan fingerprint density at radius 1 is 0.824 bits per heavy atom. The molecule has 0 radical (unpaired) electrons. The first kappa shape index (κ1) is 13.3. The van der Waals surface area contributed by atoms with E-state index < -0.39 is 0 Å². The van der Waals surface area contributed by atoms with Crippen molar-refractivity contribution in [1.82, 2.24) is 14.7 Å². The zero-order chi connectivity index (χ0) is 12.1. The Hall–Kier alpha value is -0.120. The maximum absolute atomic E-state index is 2.75. The SMILES string of the molecule is CCCN1CCC(N2CCN(CC)CC2)CC1. The first-order valence-electron chi connectivity index (χ1n) is 7.52. The van der Waals surface area contributed by atoms with Gasteiger partial charge in [0.15, 0.2) is 0 Å². The van der Waals surface area contributed by atoms with E-state index in [-0.39, 0.29) is 0 Å².